The Morgan fingerprint density at radius 2 is 2.31 bits per heavy atom. The minimum atomic E-state index is 0.866. The summed E-state index contributed by atoms with van der Waals surface area (Å²) in [5.74, 6) is 0. The lowest BCUT2D eigenvalue weighted by Crippen LogP contribution is -1.77. The fourth-order valence-electron chi connectivity index (χ4n) is 1.33. The first-order valence-electron chi connectivity index (χ1n) is 3.76. The van der Waals surface area contributed by atoms with Gasteiger partial charge in [-0.2, -0.15) is 0 Å². The van der Waals surface area contributed by atoms with Gasteiger partial charge in [-0.1, -0.05) is 27.2 Å². The molecule has 0 saturated carbocycles. The monoisotopic (exact) mass is 238 g/mol. The summed E-state index contributed by atoms with van der Waals surface area (Å²) in [5, 5.41) is 12.5. The number of aromatic nitrogens is 1. The van der Waals surface area contributed by atoms with Gasteiger partial charge in [0.05, 0.1) is 6.21 Å². The average Bonchev–Trinajstić information content (AvgIpc) is 2.51. The number of fused-ring (bicyclic) bond motifs is 1. The molecule has 0 atom stereocenters. The van der Waals surface area contributed by atoms with Gasteiger partial charge in [-0.25, -0.2) is 0 Å². The molecule has 0 bridgehead atoms. The highest BCUT2D eigenvalue weighted by Gasteiger charge is 2.04. The minimum absolute atomic E-state index is 0.866. The van der Waals surface area contributed by atoms with Gasteiger partial charge in [0.1, 0.15) is 0 Å². The zero-order chi connectivity index (χ0) is 9.26. The van der Waals surface area contributed by atoms with Crippen LogP contribution in [0.15, 0.2) is 34.0 Å². The van der Waals surface area contributed by atoms with Gasteiger partial charge in [0.15, 0.2) is 0 Å². The number of nitrogens with one attached hydrogen (secondary N) is 1. The lowest BCUT2D eigenvalue weighted by atomic mass is 10.2. The van der Waals surface area contributed by atoms with Crippen molar-refractivity contribution in [3.8, 4) is 0 Å². The van der Waals surface area contributed by atoms with E-state index in [-0.39, 0.29) is 0 Å². The van der Waals surface area contributed by atoms with E-state index in [9.17, 15) is 0 Å². The van der Waals surface area contributed by atoms with Gasteiger partial charge in [0, 0.05) is 27.1 Å². The van der Waals surface area contributed by atoms with Crippen molar-refractivity contribution in [2.75, 3.05) is 0 Å². The van der Waals surface area contributed by atoms with Crippen molar-refractivity contribution in [3.63, 3.8) is 0 Å². The molecule has 0 fully saturated rings. The van der Waals surface area contributed by atoms with Crippen LogP contribution in [0.1, 0.15) is 5.56 Å². The maximum Gasteiger partial charge on any atom is 0.0755 e. The van der Waals surface area contributed by atoms with Crippen LogP contribution in [0.25, 0.3) is 10.9 Å². The van der Waals surface area contributed by atoms with Crippen LogP contribution >= 0.6 is 15.9 Å². The molecule has 2 N–H and O–H groups in total. The third-order valence-electron chi connectivity index (χ3n) is 1.88. The first-order valence-corrected chi connectivity index (χ1v) is 4.55. The Bertz CT molecular complexity index is 462. The smallest absolute Gasteiger partial charge is 0.0755 e. The Balaban J connectivity index is 2.78. The van der Waals surface area contributed by atoms with E-state index >= 15 is 0 Å². The first-order chi connectivity index (χ1) is 6.33. The first kappa shape index (κ1) is 8.31. The number of nitrogens with zero attached hydrogens (tertiary/aromatic N) is 1. The van der Waals surface area contributed by atoms with Gasteiger partial charge in [0.2, 0.25) is 0 Å². The van der Waals surface area contributed by atoms with E-state index in [4.69, 9.17) is 5.21 Å². The standard InChI is InChI=1S/C9H7BrN2O/c10-7-2-1-3-8-9(7)6(4-11-8)5-12-13/h1-5,11,13H/b12-5+. The molecule has 13 heavy (non-hydrogen) atoms. The molecule has 0 aliphatic rings. The molecule has 66 valence electrons. The van der Waals surface area contributed by atoms with Gasteiger partial charge >= 0.3 is 0 Å². The largest absolute Gasteiger partial charge is 0.411 e. The SMILES string of the molecule is O/N=C/c1c[nH]c2cccc(Br)c12. The van der Waals surface area contributed by atoms with Crippen molar-refractivity contribution < 1.29 is 5.21 Å². The van der Waals surface area contributed by atoms with E-state index in [1.807, 2.05) is 18.2 Å². The highest BCUT2D eigenvalue weighted by Crippen LogP contribution is 2.25. The minimum Gasteiger partial charge on any atom is -0.411 e. The van der Waals surface area contributed by atoms with Gasteiger partial charge in [-0.15, -0.1) is 0 Å². The highest BCUT2D eigenvalue weighted by atomic mass is 79.9. The zero-order valence-corrected chi connectivity index (χ0v) is 8.25. The molecule has 1 aromatic carbocycles. The molecule has 0 radical (unpaired) electrons. The molecule has 0 saturated heterocycles. The number of aromatic amines is 1. The van der Waals surface area contributed by atoms with Crippen LogP contribution in [0.3, 0.4) is 0 Å². The normalized spacial score (nSPS) is 11.5. The molecule has 0 unspecified atom stereocenters. The van der Waals surface area contributed by atoms with Crippen molar-refractivity contribution >= 4 is 33.0 Å². The quantitative estimate of drug-likeness (QED) is 0.448. The third kappa shape index (κ3) is 1.33. The molecule has 0 aliphatic heterocycles. The summed E-state index contributed by atoms with van der Waals surface area (Å²) in [6.07, 6.45) is 3.21. The zero-order valence-electron chi connectivity index (χ0n) is 6.66. The molecular formula is C9H7BrN2O. The summed E-state index contributed by atoms with van der Waals surface area (Å²) < 4.78 is 0.987. The van der Waals surface area contributed by atoms with Gasteiger partial charge in [0.25, 0.3) is 0 Å². The molecule has 2 aromatic rings. The van der Waals surface area contributed by atoms with Crippen LogP contribution in [0.4, 0.5) is 0 Å². The molecule has 1 heterocycles. The van der Waals surface area contributed by atoms with Crippen LogP contribution < -0.4 is 0 Å². The summed E-state index contributed by atoms with van der Waals surface area (Å²) in [5.41, 5.74) is 1.88. The second kappa shape index (κ2) is 3.22. The van der Waals surface area contributed by atoms with Crippen LogP contribution in [-0.4, -0.2) is 16.4 Å². The summed E-state index contributed by atoms with van der Waals surface area (Å²) in [7, 11) is 0. The van der Waals surface area contributed by atoms with Gasteiger partial charge in [-0.3, -0.25) is 0 Å². The van der Waals surface area contributed by atoms with Crippen molar-refractivity contribution in [1.82, 2.24) is 4.98 Å². The lowest BCUT2D eigenvalue weighted by Gasteiger charge is -1.94. The number of benzene rings is 1. The lowest BCUT2D eigenvalue weighted by molar-refractivity contribution is 0.322. The van der Waals surface area contributed by atoms with Crippen molar-refractivity contribution in [2.45, 2.75) is 0 Å². The van der Waals surface area contributed by atoms with E-state index in [2.05, 4.69) is 26.1 Å². The number of H-pyrrole nitrogens is 1. The number of oxime groups is 1. The second-order valence-electron chi connectivity index (χ2n) is 2.65. The summed E-state index contributed by atoms with van der Waals surface area (Å²) in [4.78, 5) is 3.08. The number of hydrogen-bond donors (Lipinski definition) is 2. The Morgan fingerprint density at radius 3 is 3.08 bits per heavy atom. The maximum absolute atomic E-state index is 8.43. The molecular weight excluding hydrogens is 232 g/mol. The van der Waals surface area contributed by atoms with E-state index < -0.39 is 0 Å². The number of rotatable bonds is 1. The Hall–Kier alpha value is -1.29. The molecule has 0 spiro atoms. The topological polar surface area (TPSA) is 48.4 Å². The fourth-order valence-corrected chi connectivity index (χ4v) is 1.92. The van der Waals surface area contributed by atoms with E-state index in [0.717, 1.165) is 20.9 Å². The summed E-state index contributed by atoms with van der Waals surface area (Å²) in [6.45, 7) is 0. The van der Waals surface area contributed by atoms with Gasteiger partial charge in [-0.05, 0) is 12.1 Å². The highest BCUT2D eigenvalue weighted by molar-refractivity contribution is 9.10. The second-order valence-corrected chi connectivity index (χ2v) is 3.51. The predicted molar refractivity (Wildman–Crippen MR) is 55.4 cm³/mol. The van der Waals surface area contributed by atoms with Crippen molar-refractivity contribution in [2.24, 2.45) is 5.16 Å². The van der Waals surface area contributed by atoms with E-state index in [0.29, 0.717) is 0 Å². The summed E-state index contributed by atoms with van der Waals surface area (Å²) in [6, 6.07) is 5.86. The van der Waals surface area contributed by atoms with Crippen LogP contribution in [0.5, 0.6) is 0 Å². The summed E-state index contributed by atoms with van der Waals surface area (Å²) >= 11 is 3.43. The van der Waals surface area contributed by atoms with Crippen molar-refractivity contribution in [3.05, 3.63) is 34.4 Å². The Kier molecular flexibility index (Phi) is 2.06. The number of hydrogen-bond acceptors (Lipinski definition) is 2. The number of halogens is 1. The van der Waals surface area contributed by atoms with E-state index in [1.165, 1.54) is 6.21 Å². The van der Waals surface area contributed by atoms with Crippen molar-refractivity contribution in [1.29, 1.82) is 0 Å². The molecule has 1 aromatic heterocycles. The third-order valence-corrected chi connectivity index (χ3v) is 2.54. The molecule has 4 heteroatoms. The molecule has 3 nitrogen and oxygen atoms in total. The molecule has 2 rings (SSSR count). The van der Waals surface area contributed by atoms with Crippen LogP contribution in [0, 0.1) is 0 Å². The Labute approximate surface area is 83.2 Å². The average molecular weight is 239 g/mol. The van der Waals surface area contributed by atoms with Crippen LogP contribution in [-0.2, 0) is 0 Å². The maximum atomic E-state index is 8.43. The molecule has 0 amide bonds. The van der Waals surface area contributed by atoms with Crippen LogP contribution in [0.2, 0.25) is 0 Å². The molecule has 0 aliphatic carbocycles. The van der Waals surface area contributed by atoms with Gasteiger partial charge < -0.3 is 10.2 Å². The predicted octanol–water partition coefficient (Wildman–Crippen LogP) is 2.74. The van der Waals surface area contributed by atoms with E-state index in [1.54, 1.807) is 6.20 Å². The fraction of sp³-hybridized carbons (Fsp3) is 0. The Morgan fingerprint density at radius 1 is 1.46 bits per heavy atom.